The minimum Gasteiger partial charge on any atom is -0.444 e. The largest absolute Gasteiger partial charge is 0.444 e. The molecule has 1 aliphatic carbocycles. The summed E-state index contributed by atoms with van der Waals surface area (Å²) in [7, 11) is 0. The molecule has 1 fully saturated rings. The van der Waals surface area contributed by atoms with Crippen LogP contribution in [0.4, 0.5) is 4.79 Å². The summed E-state index contributed by atoms with van der Waals surface area (Å²) in [6, 6.07) is 5.10. The molecule has 1 aromatic rings. The van der Waals surface area contributed by atoms with Crippen LogP contribution in [0.5, 0.6) is 0 Å². The quantitative estimate of drug-likeness (QED) is 0.692. The Balaban J connectivity index is 2.39. The van der Waals surface area contributed by atoms with E-state index < -0.39 is 23.3 Å². The van der Waals surface area contributed by atoms with Gasteiger partial charge in [0.1, 0.15) is 18.2 Å². The summed E-state index contributed by atoms with van der Waals surface area (Å²) in [5.74, 6) is -0.244. The van der Waals surface area contributed by atoms with Crippen LogP contribution < -0.4 is 10.6 Å². The Kier molecular flexibility index (Phi) is 7.63. The zero-order valence-electron chi connectivity index (χ0n) is 21.0. The fourth-order valence-electron chi connectivity index (χ4n) is 3.67. The van der Waals surface area contributed by atoms with Crippen molar-refractivity contribution in [2.45, 2.75) is 92.0 Å². The van der Waals surface area contributed by atoms with Crippen LogP contribution in [0.1, 0.15) is 77.6 Å². The standard InChI is InChI=1S/C25H39N3O4/c1-15-10-11-16(2)18(12-15)21(22(30)27-24(4,5)6)28(19-13-17(19)3)20(29)14-26-23(31)32-25(7,8)9/h10-12,17,19,21H,13-14H2,1-9H3,(H,26,31)(H,27,30). The predicted molar refractivity (Wildman–Crippen MR) is 125 cm³/mol. The smallest absolute Gasteiger partial charge is 0.408 e. The highest BCUT2D eigenvalue weighted by Gasteiger charge is 2.47. The van der Waals surface area contributed by atoms with Crippen molar-refractivity contribution in [3.63, 3.8) is 0 Å². The Morgan fingerprint density at radius 2 is 1.72 bits per heavy atom. The molecule has 3 atom stereocenters. The van der Waals surface area contributed by atoms with Crippen molar-refractivity contribution in [3.8, 4) is 0 Å². The molecule has 178 valence electrons. The maximum absolute atomic E-state index is 13.5. The van der Waals surface area contributed by atoms with E-state index in [1.54, 1.807) is 25.7 Å². The van der Waals surface area contributed by atoms with Crippen molar-refractivity contribution in [2.24, 2.45) is 5.92 Å². The number of nitrogens with zero attached hydrogens (tertiary/aromatic N) is 1. The first kappa shape index (κ1) is 25.7. The van der Waals surface area contributed by atoms with Crippen molar-refractivity contribution in [1.29, 1.82) is 0 Å². The van der Waals surface area contributed by atoms with Crippen LogP contribution in [0.15, 0.2) is 18.2 Å². The number of carbonyl (C=O) groups is 3. The van der Waals surface area contributed by atoms with E-state index in [1.807, 2.05) is 52.8 Å². The number of carbonyl (C=O) groups excluding carboxylic acids is 3. The Morgan fingerprint density at radius 1 is 1.12 bits per heavy atom. The minimum absolute atomic E-state index is 0.0569. The summed E-state index contributed by atoms with van der Waals surface area (Å²) in [6.07, 6.45) is 0.166. The van der Waals surface area contributed by atoms with Gasteiger partial charge < -0.3 is 20.3 Å². The highest BCUT2D eigenvalue weighted by Crippen LogP contribution is 2.41. The lowest BCUT2D eigenvalue weighted by Crippen LogP contribution is -2.52. The fourth-order valence-corrected chi connectivity index (χ4v) is 3.67. The monoisotopic (exact) mass is 445 g/mol. The van der Waals surface area contributed by atoms with Crippen LogP contribution in [0, 0.1) is 19.8 Å². The Hall–Kier alpha value is -2.57. The fraction of sp³-hybridized carbons (Fsp3) is 0.640. The molecule has 0 aliphatic heterocycles. The lowest BCUT2D eigenvalue weighted by atomic mass is 9.95. The third-order valence-corrected chi connectivity index (χ3v) is 5.25. The molecule has 3 amide bonds. The van der Waals surface area contributed by atoms with E-state index in [4.69, 9.17) is 4.74 Å². The van der Waals surface area contributed by atoms with Gasteiger partial charge in [0.05, 0.1) is 0 Å². The molecule has 0 radical (unpaired) electrons. The summed E-state index contributed by atoms with van der Waals surface area (Å²) in [6.45, 7) is 16.8. The van der Waals surface area contributed by atoms with Gasteiger partial charge >= 0.3 is 6.09 Å². The predicted octanol–water partition coefficient (Wildman–Crippen LogP) is 4.02. The minimum atomic E-state index is -0.781. The van der Waals surface area contributed by atoms with Crippen molar-refractivity contribution in [1.82, 2.24) is 15.5 Å². The second-order valence-electron chi connectivity index (χ2n) is 10.9. The molecule has 0 spiro atoms. The van der Waals surface area contributed by atoms with Gasteiger partial charge in [-0.2, -0.15) is 0 Å². The summed E-state index contributed by atoms with van der Waals surface area (Å²) >= 11 is 0. The Morgan fingerprint density at radius 3 is 2.22 bits per heavy atom. The molecule has 0 aromatic heterocycles. The summed E-state index contributed by atoms with van der Waals surface area (Å²) in [4.78, 5) is 40.7. The second-order valence-corrected chi connectivity index (χ2v) is 10.9. The first-order chi connectivity index (χ1) is 14.6. The Bertz CT molecular complexity index is 867. The highest BCUT2D eigenvalue weighted by atomic mass is 16.6. The van der Waals surface area contributed by atoms with Crippen LogP contribution in [0.25, 0.3) is 0 Å². The maximum Gasteiger partial charge on any atom is 0.408 e. The molecule has 32 heavy (non-hydrogen) atoms. The highest BCUT2D eigenvalue weighted by molar-refractivity contribution is 5.91. The molecular weight excluding hydrogens is 406 g/mol. The molecule has 2 N–H and O–H groups in total. The number of ether oxygens (including phenoxy) is 1. The number of benzene rings is 1. The van der Waals surface area contributed by atoms with Crippen LogP contribution >= 0.6 is 0 Å². The molecule has 0 saturated heterocycles. The third kappa shape index (κ3) is 7.24. The van der Waals surface area contributed by atoms with Crippen LogP contribution in [-0.4, -0.2) is 46.5 Å². The van der Waals surface area contributed by atoms with E-state index in [2.05, 4.69) is 17.6 Å². The van der Waals surface area contributed by atoms with E-state index in [-0.39, 0.29) is 30.3 Å². The van der Waals surface area contributed by atoms with Crippen molar-refractivity contribution < 1.29 is 19.1 Å². The van der Waals surface area contributed by atoms with E-state index in [9.17, 15) is 14.4 Å². The number of hydrogen-bond donors (Lipinski definition) is 2. The van der Waals surface area contributed by atoms with E-state index in [1.165, 1.54) is 0 Å². The number of alkyl carbamates (subject to hydrolysis) is 1. The normalized spacial score (nSPS) is 19.0. The summed E-state index contributed by atoms with van der Waals surface area (Å²) < 4.78 is 5.26. The second kappa shape index (κ2) is 9.51. The van der Waals surface area contributed by atoms with E-state index in [0.717, 1.165) is 23.1 Å². The molecule has 7 nitrogen and oxygen atoms in total. The van der Waals surface area contributed by atoms with E-state index >= 15 is 0 Å². The average Bonchev–Trinajstić information content (AvgIpc) is 3.32. The molecule has 0 heterocycles. The van der Waals surface area contributed by atoms with Crippen molar-refractivity contribution >= 4 is 17.9 Å². The topological polar surface area (TPSA) is 87.7 Å². The molecule has 3 unspecified atom stereocenters. The van der Waals surface area contributed by atoms with Gasteiger partial charge in [0, 0.05) is 11.6 Å². The number of amides is 3. The first-order valence-electron chi connectivity index (χ1n) is 11.3. The van der Waals surface area contributed by atoms with Gasteiger partial charge in [0.15, 0.2) is 0 Å². The molecule has 1 aliphatic rings. The molecule has 2 rings (SSSR count). The Labute approximate surface area is 192 Å². The summed E-state index contributed by atoms with van der Waals surface area (Å²) in [5.41, 5.74) is 1.65. The average molecular weight is 446 g/mol. The van der Waals surface area contributed by atoms with Gasteiger partial charge in [-0.3, -0.25) is 9.59 Å². The van der Waals surface area contributed by atoms with Gasteiger partial charge in [-0.15, -0.1) is 0 Å². The maximum atomic E-state index is 13.5. The number of rotatable bonds is 6. The third-order valence-electron chi connectivity index (χ3n) is 5.25. The zero-order valence-corrected chi connectivity index (χ0v) is 21.0. The van der Waals surface area contributed by atoms with Gasteiger partial charge in [0.2, 0.25) is 11.8 Å². The van der Waals surface area contributed by atoms with Crippen molar-refractivity contribution in [3.05, 3.63) is 34.9 Å². The number of nitrogens with one attached hydrogen (secondary N) is 2. The van der Waals surface area contributed by atoms with Crippen molar-refractivity contribution in [2.75, 3.05) is 6.54 Å². The number of hydrogen-bond acceptors (Lipinski definition) is 4. The SMILES string of the molecule is Cc1ccc(C)c(C(C(=O)NC(C)(C)C)N(C(=O)CNC(=O)OC(C)(C)C)C2CC2C)c1. The zero-order chi connectivity index (χ0) is 24.4. The van der Waals surface area contributed by atoms with Gasteiger partial charge in [-0.05, 0) is 78.9 Å². The molecule has 0 bridgehead atoms. The summed E-state index contributed by atoms with van der Waals surface area (Å²) in [5, 5.41) is 5.60. The van der Waals surface area contributed by atoms with Gasteiger partial charge in [0.25, 0.3) is 0 Å². The molecule has 1 saturated carbocycles. The lowest BCUT2D eigenvalue weighted by Gasteiger charge is -2.35. The van der Waals surface area contributed by atoms with Crippen LogP contribution in [0.2, 0.25) is 0 Å². The van der Waals surface area contributed by atoms with E-state index in [0.29, 0.717) is 0 Å². The van der Waals surface area contributed by atoms with Gasteiger partial charge in [-0.25, -0.2) is 4.79 Å². The molecular formula is C25H39N3O4. The lowest BCUT2D eigenvalue weighted by molar-refractivity contribution is -0.141. The number of aryl methyl sites for hydroxylation is 2. The first-order valence-corrected chi connectivity index (χ1v) is 11.3. The molecule has 1 aromatic carbocycles. The molecule has 7 heteroatoms. The van der Waals surface area contributed by atoms with Crippen LogP contribution in [0.3, 0.4) is 0 Å². The van der Waals surface area contributed by atoms with Crippen LogP contribution in [-0.2, 0) is 14.3 Å². The van der Waals surface area contributed by atoms with Gasteiger partial charge in [-0.1, -0.05) is 30.7 Å².